The predicted molar refractivity (Wildman–Crippen MR) is 68.9 cm³/mol. The van der Waals surface area contributed by atoms with Gasteiger partial charge in [-0.3, -0.25) is 5.43 Å². The number of hydrazine groups is 1. The molecule has 0 radical (unpaired) electrons. The van der Waals surface area contributed by atoms with Gasteiger partial charge in [0.1, 0.15) is 5.82 Å². The number of anilines is 2. The maximum Gasteiger partial charge on any atom is 0.239 e. The maximum atomic E-state index is 8.67. The van der Waals surface area contributed by atoms with E-state index in [1.54, 1.807) is 7.11 Å². The SMILES string of the molecule is COCCN(CCC#N)c1cc(C)nc(NN)n1. The van der Waals surface area contributed by atoms with Crippen molar-refractivity contribution in [1.82, 2.24) is 9.97 Å². The lowest BCUT2D eigenvalue weighted by molar-refractivity contribution is 0.205. The van der Waals surface area contributed by atoms with Gasteiger partial charge in [-0.05, 0) is 6.92 Å². The molecule has 0 spiro atoms. The van der Waals surface area contributed by atoms with Crippen molar-refractivity contribution in [3.8, 4) is 6.07 Å². The van der Waals surface area contributed by atoms with Gasteiger partial charge in [0.15, 0.2) is 0 Å². The molecule has 18 heavy (non-hydrogen) atoms. The molecular formula is C11H18N6O. The normalized spacial score (nSPS) is 9.89. The van der Waals surface area contributed by atoms with E-state index in [-0.39, 0.29) is 0 Å². The number of nitrogens with two attached hydrogens (primary N) is 1. The van der Waals surface area contributed by atoms with Gasteiger partial charge in [0.05, 0.1) is 19.1 Å². The number of rotatable bonds is 7. The fourth-order valence-corrected chi connectivity index (χ4v) is 1.51. The molecule has 0 aliphatic heterocycles. The Bertz CT molecular complexity index is 416. The number of aromatic nitrogens is 2. The van der Waals surface area contributed by atoms with Crippen LogP contribution in [0.4, 0.5) is 11.8 Å². The molecule has 0 aromatic carbocycles. The van der Waals surface area contributed by atoms with Crippen molar-refractivity contribution in [3.63, 3.8) is 0 Å². The van der Waals surface area contributed by atoms with Crippen LogP contribution in [-0.2, 0) is 4.74 Å². The Hall–Kier alpha value is -1.91. The van der Waals surface area contributed by atoms with Gasteiger partial charge in [0.25, 0.3) is 0 Å². The molecule has 0 saturated heterocycles. The summed E-state index contributed by atoms with van der Waals surface area (Å²) in [5.41, 5.74) is 3.24. The third kappa shape index (κ3) is 4.16. The number of hydrogen-bond acceptors (Lipinski definition) is 7. The highest BCUT2D eigenvalue weighted by molar-refractivity contribution is 5.44. The maximum absolute atomic E-state index is 8.67. The zero-order valence-electron chi connectivity index (χ0n) is 10.7. The molecule has 7 nitrogen and oxygen atoms in total. The summed E-state index contributed by atoms with van der Waals surface area (Å²) in [6, 6.07) is 3.98. The second-order valence-corrected chi connectivity index (χ2v) is 3.72. The Kier molecular flexibility index (Phi) is 5.84. The first-order valence-electron chi connectivity index (χ1n) is 5.64. The van der Waals surface area contributed by atoms with Gasteiger partial charge in [0, 0.05) is 32.0 Å². The summed E-state index contributed by atoms with van der Waals surface area (Å²) in [5, 5.41) is 8.67. The minimum absolute atomic E-state index is 0.365. The largest absolute Gasteiger partial charge is 0.383 e. The third-order valence-corrected chi connectivity index (χ3v) is 2.35. The van der Waals surface area contributed by atoms with Crippen LogP contribution in [0.1, 0.15) is 12.1 Å². The van der Waals surface area contributed by atoms with Crippen LogP contribution >= 0.6 is 0 Å². The Labute approximate surface area is 107 Å². The fraction of sp³-hybridized carbons (Fsp3) is 0.545. The molecule has 1 aromatic rings. The molecule has 0 atom stereocenters. The topological polar surface area (TPSA) is 100 Å². The van der Waals surface area contributed by atoms with Crippen molar-refractivity contribution < 1.29 is 4.74 Å². The molecule has 1 heterocycles. The lowest BCUT2D eigenvalue weighted by Crippen LogP contribution is -2.29. The van der Waals surface area contributed by atoms with Crippen molar-refractivity contribution in [3.05, 3.63) is 11.8 Å². The van der Waals surface area contributed by atoms with E-state index in [9.17, 15) is 0 Å². The van der Waals surface area contributed by atoms with Gasteiger partial charge in [-0.2, -0.15) is 10.2 Å². The van der Waals surface area contributed by atoms with Crippen LogP contribution in [0.5, 0.6) is 0 Å². The molecule has 1 aromatic heterocycles. The van der Waals surface area contributed by atoms with E-state index >= 15 is 0 Å². The Balaban J connectivity index is 2.88. The quantitative estimate of drug-likeness (QED) is 0.535. The summed E-state index contributed by atoms with van der Waals surface area (Å²) in [6.07, 6.45) is 0.429. The van der Waals surface area contributed by atoms with E-state index < -0.39 is 0 Å². The van der Waals surface area contributed by atoms with E-state index in [1.165, 1.54) is 0 Å². The van der Waals surface area contributed by atoms with Gasteiger partial charge < -0.3 is 9.64 Å². The molecule has 0 amide bonds. The smallest absolute Gasteiger partial charge is 0.239 e. The van der Waals surface area contributed by atoms with Crippen molar-refractivity contribution >= 4 is 11.8 Å². The first-order valence-corrected chi connectivity index (χ1v) is 5.64. The van der Waals surface area contributed by atoms with Crippen molar-refractivity contribution in [2.45, 2.75) is 13.3 Å². The number of nitrogen functional groups attached to an aromatic ring is 1. The average molecular weight is 250 g/mol. The molecule has 3 N–H and O–H groups in total. The molecule has 0 bridgehead atoms. The number of nitriles is 1. The Morgan fingerprint density at radius 2 is 2.28 bits per heavy atom. The molecular weight excluding hydrogens is 232 g/mol. The van der Waals surface area contributed by atoms with Gasteiger partial charge in [-0.25, -0.2) is 10.8 Å². The minimum Gasteiger partial charge on any atom is -0.383 e. The average Bonchev–Trinajstić information content (AvgIpc) is 2.38. The van der Waals surface area contributed by atoms with E-state index in [1.807, 2.05) is 17.9 Å². The first-order chi connectivity index (χ1) is 8.71. The van der Waals surface area contributed by atoms with Gasteiger partial charge >= 0.3 is 0 Å². The van der Waals surface area contributed by atoms with Crippen LogP contribution in [0, 0.1) is 18.3 Å². The van der Waals surface area contributed by atoms with E-state index in [2.05, 4.69) is 21.5 Å². The van der Waals surface area contributed by atoms with E-state index in [0.717, 1.165) is 11.5 Å². The second-order valence-electron chi connectivity index (χ2n) is 3.72. The van der Waals surface area contributed by atoms with Crippen LogP contribution in [0.15, 0.2) is 6.07 Å². The molecule has 0 fully saturated rings. The Morgan fingerprint density at radius 1 is 1.50 bits per heavy atom. The fourth-order valence-electron chi connectivity index (χ4n) is 1.51. The summed E-state index contributed by atoms with van der Waals surface area (Å²) in [5.74, 6) is 6.42. The van der Waals surface area contributed by atoms with Crippen LogP contribution in [0.3, 0.4) is 0 Å². The summed E-state index contributed by atoms with van der Waals surface area (Å²) < 4.78 is 5.05. The lowest BCUT2D eigenvalue weighted by atomic mass is 10.3. The zero-order chi connectivity index (χ0) is 13.4. The highest BCUT2D eigenvalue weighted by atomic mass is 16.5. The number of methoxy groups -OCH3 is 1. The Morgan fingerprint density at radius 3 is 2.89 bits per heavy atom. The standard InChI is InChI=1S/C11H18N6O/c1-9-8-10(15-11(14-9)16-13)17(5-3-4-12)6-7-18-2/h8H,3,5-7,13H2,1-2H3,(H,14,15,16). The highest BCUT2D eigenvalue weighted by Crippen LogP contribution is 2.14. The van der Waals surface area contributed by atoms with Gasteiger partial charge in [0.2, 0.25) is 5.95 Å². The number of nitrogens with zero attached hydrogens (tertiary/aromatic N) is 4. The number of nitrogens with one attached hydrogen (secondary N) is 1. The number of aryl methyl sites for hydroxylation is 1. The van der Waals surface area contributed by atoms with Crippen LogP contribution < -0.4 is 16.2 Å². The molecule has 7 heteroatoms. The summed E-state index contributed by atoms with van der Waals surface area (Å²) in [7, 11) is 1.64. The van der Waals surface area contributed by atoms with Crippen molar-refractivity contribution in [2.24, 2.45) is 5.84 Å². The van der Waals surface area contributed by atoms with Crippen molar-refractivity contribution in [1.29, 1.82) is 5.26 Å². The summed E-state index contributed by atoms with van der Waals surface area (Å²) in [6.45, 7) is 3.70. The third-order valence-electron chi connectivity index (χ3n) is 2.35. The molecule has 0 aliphatic rings. The lowest BCUT2D eigenvalue weighted by Gasteiger charge is -2.22. The van der Waals surface area contributed by atoms with Crippen LogP contribution in [0.25, 0.3) is 0 Å². The van der Waals surface area contributed by atoms with E-state index in [4.69, 9.17) is 15.8 Å². The number of hydrogen-bond donors (Lipinski definition) is 2. The molecule has 1 rings (SSSR count). The molecule has 0 unspecified atom stereocenters. The summed E-state index contributed by atoms with van der Waals surface area (Å²) in [4.78, 5) is 10.4. The van der Waals surface area contributed by atoms with Gasteiger partial charge in [-0.1, -0.05) is 0 Å². The van der Waals surface area contributed by atoms with Gasteiger partial charge in [-0.15, -0.1) is 0 Å². The molecule has 0 saturated carbocycles. The summed E-state index contributed by atoms with van der Waals surface area (Å²) >= 11 is 0. The highest BCUT2D eigenvalue weighted by Gasteiger charge is 2.10. The second kappa shape index (κ2) is 7.42. The van der Waals surface area contributed by atoms with E-state index in [0.29, 0.717) is 32.1 Å². The van der Waals surface area contributed by atoms with Crippen LogP contribution in [-0.4, -0.2) is 36.8 Å². The minimum atomic E-state index is 0.365. The number of ether oxygens (including phenoxy) is 1. The molecule has 0 aliphatic carbocycles. The van der Waals surface area contributed by atoms with Crippen molar-refractivity contribution in [2.75, 3.05) is 37.1 Å². The molecule has 98 valence electrons. The monoisotopic (exact) mass is 250 g/mol. The zero-order valence-corrected chi connectivity index (χ0v) is 10.7. The first kappa shape index (κ1) is 14.2. The predicted octanol–water partition coefficient (Wildman–Crippen LogP) is 0.437. The van der Waals surface area contributed by atoms with Crippen LogP contribution in [0.2, 0.25) is 0 Å².